The van der Waals surface area contributed by atoms with Gasteiger partial charge >= 0.3 is 0 Å². The van der Waals surface area contributed by atoms with Crippen molar-refractivity contribution in [2.24, 2.45) is 0 Å². The van der Waals surface area contributed by atoms with Crippen molar-refractivity contribution in [2.45, 2.75) is 12.8 Å². The zero-order valence-electron chi connectivity index (χ0n) is 26.8. The second kappa shape index (κ2) is 12.6. The number of thiophene rings is 1. The fourth-order valence-corrected chi connectivity index (χ4v) is 8.06. The number of hydrogen-bond acceptors (Lipinski definition) is 4. The molecule has 0 N–H and O–H groups in total. The van der Waals surface area contributed by atoms with Gasteiger partial charge in [-0.1, -0.05) is 152 Å². The predicted molar refractivity (Wildman–Crippen MR) is 205 cm³/mol. The standard InChI is InChI=1S/C45H31N3S/c1-4-13-30(14-5-1)31-23-25-32(26-24-31)35-27-28-40-39(29-35)42-37(21-12-22-41(42)49-40)36-19-10-11-20-38(36)45-47-43(33-15-6-2-7-16-33)46-44(48-45)34-17-8-3-9-18-34/h1-26,29H,27-28H2. The normalized spacial score (nSPS) is 12.4. The fraction of sp³-hybridized carbons (Fsp3) is 0.0444. The minimum Gasteiger partial charge on any atom is -0.208 e. The third kappa shape index (κ3) is 5.56. The first-order chi connectivity index (χ1) is 24.3. The lowest BCUT2D eigenvalue weighted by Gasteiger charge is -2.16. The summed E-state index contributed by atoms with van der Waals surface area (Å²) in [7, 11) is 0. The summed E-state index contributed by atoms with van der Waals surface area (Å²) >= 11 is 1.92. The molecular formula is C45H31N3S. The van der Waals surface area contributed by atoms with Crippen LogP contribution in [0.15, 0.2) is 158 Å². The number of rotatable bonds is 6. The van der Waals surface area contributed by atoms with Crippen LogP contribution in [0.25, 0.3) is 78.2 Å². The van der Waals surface area contributed by atoms with Gasteiger partial charge in [-0.3, -0.25) is 0 Å². The summed E-state index contributed by atoms with van der Waals surface area (Å²) in [5.41, 5.74) is 11.7. The Labute approximate surface area is 290 Å². The van der Waals surface area contributed by atoms with Gasteiger partial charge in [-0.2, -0.15) is 0 Å². The maximum Gasteiger partial charge on any atom is 0.164 e. The minimum atomic E-state index is 0.663. The molecule has 0 atom stereocenters. The van der Waals surface area contributed by atoms with Crippen LogP contribution in [0.5, 0.6) is 0 Å². The summed E-state index contributed by atoms with van der Waals surface area (Å²) in [6.07, 6.45) is 4.51. The molecule has 3 nitrogen and oxygen atoms in total. The van der Waals surface area contributed by atoms with Crippen molar-refractivity contribution in [1.82, 2.24) is 15.0 Å². The van der Waals surface area contributed by atoms with Gasteiger partial charge in [0.1, 0.15) is 0 Å². The number of nitrogens with zero attached hydrogens (tertiary/aromatic N) is 3. The highest BCUT2D eigenvalue weighted by Gasteiger charge is 2.22. The second-order valence-corrected chi connectivity index (χ2v) is 13.5. The molecule has 2 heterocycles. The highest BCUT2D eigenvalue weighted by molar-refractivity contribution is 7.19. The van der Waals surface area contributed by atoms with E-state index < -0.39 is 0 Å². The van der Waals surface area contributed by atoms with E-state index in [1.807, 2.05) is 47.7 Å². The Kier molecular flexibility index (Phi) is 7.49. The van der Waals surface area contributed by atoms with Crippen LogP contribution in [0, 0.1) is 0 Å². The topological polar surface area (TPSA) is 38.7 Å². The van der Waals surface area contributed by atoms with Gasteiger partial charge in [0, 0.05) is 31.7 Å². The van der Waals surface area contributed by atoms with Gasteiger partial charge in [0.05, 0.1) is 0 Å². The second-order valence-electron chi connectivity index (χ2n) is 12.3. The van der Waals surface area contributed by atoms with Gasteiger partial charge in [-0.15, -0.1) is 11.3 Å². The van der Waals surface area contributed by atoms with Crippen LogP contribution in [-0.2, 0) is 6.42 Å². The molecule has 2 aromatic heterocycles. The van der Waals surface area contributed by atoms with Crippen LogP contribution in [0.1, 0.15) is 22.4 Å². The van der Waals surface area contributed by atoms with Crippen molar-refractivity contribution in [3.63, 3.8) is 0 Å². The number of benzene rings is 6. The third-order valence-corrected chi connectivity index (χ3v) is 10.5. The molecule has 4 heteroatoms. The van der Waals surface area contributed by atoms with E-state index in [9.17, 15) is 0 Å². The molecule has 6 aromatic carbocycles. The molecule has 0 spiro atoms. The van der Waals surface area contributed by atoms with Crippen molar-refractivity contribution in [1.29, 1.82) is 0 Å². The molecule has 9 rings (SSSR count). The van der Waals surface area contributed by atoms with Gasteiger partial charge < -0.3 is 0 Å². The Hall–Kier alpha value is -5.97. The molecule has 1 aliphatic rings. The van der Waals surface area contributed by atoms with Crippen molar-refractivity contribution in [3.8, 4) is 56.4 Å². The SMILES string of the molecule is C1=C(c2ccc(-c3ccccc3)cc2)CCc2sc3cccc(-c4ccccc4-c4nc(-c5ccccc5)nc(-c5ccccc5)n4)c3c21. The van der Waals surface area contributed by atoms with Crippen molar-refractivity contribution >= 4 is 33.1 Å². The average molecular weight is 646 g/mol. The molecule has 0 unspecified atom stereocenters. The van der Waals surface area contributed by atoms with Crippen LogP contribution in [-0.4, -0.2) is 15.0 Å². The first-order valence-corrected chi connectivity index (χ1v) is 17.5. The lowest BCUT2D eigenvalue weighted by atomic mass is 9.88. The lowest BCUT2D eigenvalue weighted by Crippen LogP contribution is -2.01. The first-order valence-electron chi connectivity index (χ1n) is 16.7. The quantitative estimate of drug-likeness (QED) is 0.181. The van der Waals surface area contributed by atoms with Crippen LogP contribution in [0.2, 0.25) is 0 Å². The monoisotopic (exact) mass is 645 g/mol. The Morgan fingerprint density at radius 2 is 0.898 bits per heavy atom. The summed E-state index contributed by atoms with van der Waals surface area (Å²) < 4.78 is 1.31. The third-order valence-electron chi connectivity index (χ3n) is 9.29. The largest absolute Gasteiger partial charge is 0.208 e. The number of hydrogen-bond donors (Lipinski definition) is 0. The minimum absolute atomic E-state index is 0.663. The molecule has 232 valence electrons. The smallest absolute Gasteiger partial charge is 0.164 e. The predicted octanol–water partition coefficient (Wildman–Crippen LogP) is 11.9. The van der Waals surface area contributed by atoms with E-state index >= 15 is 0 Å². The van der Waals surface area contributed by atoms with Gasteiger partial charge in [-0.05, 0) is 63.9 Å². The first kappa shape index (κ1) is 29.2. The number of aryl methyl sites for hydroxylation is 1. The zero-order valence-corrected chi connectivity index (χ0v) is 27.6. The van der Waals surface area contributed by atoms with E-state index in [4.69, 9.17) is 15.0 Å². The summed E-state index contributed by atoms with van der Waals surface area (Å²) in [5.74, 6) is 1.99. The maximum atomic E-state index is 5.09. The van der Waals surface area contributed by atoms with E-state index in [1.165, 1.54) is 48.4 Å². The Morgan fingerprint density at radius 1 is 0.388 bits per heavy atom. The molecule has 1 aliphatic carbocycles. The molecule has 0 saturated carbocycles. The molecule has 0 saturated heterocycles. The molecule has 0 fully saturated rings. The van der Waals surface area contributed by atoms with Gasteiger partial charge in [-0.25, -0.2) is 15.0 Å². The number of allylic oxidation sites excluding steroid dienone is 1. The lowest BCUT2D eigenvalue weighted by molar-refractivity contribution is 1.03. The van der Waals surface area contributed by atoms with Crippen molar-refractivity contribution in [3.05, 3.63) is 174 Å². The van der Waals surface area contributed by atoms with Crippen LogP contribution in [0.4, 0.5) is 0 Å². The molecule has 8 aromatic rings. The van der Waals surface area contributed by atoms with E-state index in [-0.39, 0.29) is 0 Å². The van der Waals surface area contributed by atoms with Gasteiger partial charge in [0.2, 0.25) is 0 Å². The highest BCUT2D eigenvalue weighted by atomic mass is 32.1. The highest BCUT2D eigenvalue weighted by Crippen LogP contribution is 2.45. The van der Waals surface area contributed by atoms with Crippen LogP contribution < -0.4 is 0 Å². The molecule has 0 aliphatic heterocycles. The molecule has 49 heavy (non-hydrogen) atoms. The summed E-state index contributed by atoms with van der Waals surface area (Å²) in [4.78, 5) is 16.6. The Morgan fingerprint density at radius 3 is 1.55 bits per heavy atom. The van der Waals surface area contributed by atoms with E-state index in [0.29, 0.717) is 17.5 Å². The Bertz CT molecular complexity index is 2410. The molecule has 0 radical (unpaired) electrons. The number of aromatic nitrogens is 3. The zero-order chi connectivity index (χ0) is 32.6. The fourth-order valence-electron chi connectivity index (χ4n) is 6.86. The summed E-state index contributed by atoms with van der Waals surface area (Å²) in [5, 5.41) is 1.30. The maximum absolute atomic E-state index is 5.09. The average Bonchev–Trinajstić information content (AvgIpc) is 3.57. The van der Waals surface area contributed by atoms with Crippen molar-refractivity contribution in [2.75, 3.05) is 0 Å². The number of fused-ring (bicyclic) bond motifs is 3. The molecule has 0 amide bonds. The van der Waals surface area contributed by atoms with E-state index in [2.05, 4.69) is 127 Å². The van der Waals surface area contributed by atoms with E-state index in [1.54, 1.807) is 0 Å². The Balaban J connectivity index is 1.18. The molecular weight excluding hydrogens is 615 g/mol. The van der Waals surface area contributed by atoms with Crippen LogP contribution in [0.3, 0.4) is 0 Å². The van der Waals surface area contributed by atoms with Gasteiger partial charge in [0.15, 0.2) is 17.5 Å². The van der Waals surface area contributed by atoms with Gasteiger partial charge in [0.25, 0.3) is 0 Å². The van der Waals surface area contributed by atoms with Crippen LogP contribution >= 0.6 is 11.3 Å². The van der Waals surface area contributed by atoms with E-state index in [0.717, 1.165) is 35.1 Å². The summed E-state index contributed by atoms with van der Waals surface area (Å²) in [6.45, 7) is 0. The van der Waals surface area contributed by atoms with Crippen molar-refractivity contribution < 1.29 is 0 Å². The molecule has 0 bridgehead atoms. The summed E-state index contributed by atoms with van der Waals surface area (Å²) in [6, 6.07) is 55.2.